The van der Waals surface area contributed by atoms with E-state index in [1.54, 1.807) is 0 Å². The standard InChI is InChI=1S/C17H36N2O2/c1-5-6-7-8-9-10-11-12-13-14-15-18-16(17(20)21)19(2,3)4/h16,18H,5-15H2,1-4H3. The number of carboxylic acids is 1. The molecule has 0 aliphatic rings. The van der Waals surface area contributed by atoms with E-state index in [0.717, 1.165) is 13.0 Å². The molecule has 4 heteroatoms. The minimum Gasteiger partial charge on any atom is -0.543 e. The molecular formula is C17H36N2O2. The van der Waals surface area contributed by atoms with Gasteiger partial charge in [-0.3, -0.25) is 5.32 Å². The van der Waals surface area contributed by atoms with Crippen LogP contribution in [0.2, 0.25) is 0 Å². The number of quaternary nitrogens is 1. The molecule has 0 aliphatic carbocycles. The van der Waals surface area contributed by atoms with Crippen molar-refractivity contribution in [3.05, 3.63) is 0 Å². The zero-order chi connectivity index (χ0) is 16.1. The normalized spacial score (nSPS) is 13.3. The minimum atomic E-state index is -1.02. The molecule has 21 heavy (non-hydrogen) atoms. The van der Waals surface area contributed by atoms with E-state index >= 15 is 0 Å². The molecule has 0 aromatic rings. The van der Waals surface area contributed by atoms with E-state index in [1.165, 1.54) is 57.8 Å². The zero-order valence-electron chi connectivity index (χ0n) is 14.6. The van der Waals surface area contributed by atoms with Crippen molar-refractivity contribution in [1.29, 1.82) is 0 Å². The Bertz CT molecular complexity index is 262. The van der Waals surface area contributed by atoms with Gasteiger partial charge in [0.05, 0.1) is 21.1 Å². The number of carbonyl (C=O) groups is 1. The van der Waals surface area contributed by atoms with Crippen molar-refractivity contribution < 1.29 is 14.4 Å². The van der Waals surface area contributed by atoms with Gasteiger partial charge in [-0.1, -0.05) is 64.7 Å². The molecule has 0 heterocycles. The van der Waals surface area contributed by atoms with E-state index in [4.69, 9.17) is 0 Å². The molecule has 4 nitrogen and oxygen atoms in total. The minimum absolute atomic E-state index is 0.347. The predicted molar refractivity (Wildman–Crippen MR) is 86.7 cm³/mol. The molecule has 126 valence electrons. The Balaban J connectivity index is 3.45. The summed E-state index contributed by atoms with van der Waals surface area (Å²) in [6.45, 7) is 3.00. The summed E-state index contributed by atoms with van der Waals surface area (Å²) >= 11 is 0. The number of carbonyl (C=O) groups excluding carboxylic acids is 1. The maximum Gasteiger partial charge on any atom is 0.183 e. The molecule has 0 radical (unpaired) electrons. The van der Waals surface area contributed by atoms with Gasteiger partial charge in [0.1, 0.15) is 5.97 Å². The molecule has 0 aromatic carbocycles. The zero-order valence-corrected chi connectivity index (χ0v) is 14.6. The summed E-state index contributed by atoms with van der Waals surface area (Å²) in [6, 6.07) is 0. The Morgan fingerprint density at radius 2 is 1.33 bits per heavy atom. The number of nitrogens with one attached hydrogen (secondary N) is 1. The number of aliphatic carboxylic acids is 1. The monoisotopic (exact) mass is 300 g/mol. The highest BCUT2D eigenvalue weighted by Crippen LogP contribution is 2.10. The highest BCUT2D eigenvalue weighted by molar-refractivity contribution is 5.69. The fourth-order valence-corrected chi connectivity index (χ4v) is 2.52. The summed E-state index contributed by atoms with van der Waals surface area (Å²) in [5, 5.41) is 14.2. The first kappa shape index (κ1) is 20.4. The highest BCUT2D eigenvalue weighted by Gasteiger charge is 2.23. The lowest BCUT2D eigenvalue weighted by Crippen LogP contribution is -2.62. The molecule has 0 bridgehead atoms. The fourth-order valence-electron chi connectivity index (χ4n) is 2.52. The van der Waals surface area contributed by atoms with Crippen molar-refractivity contribution in [2.75, 3.05) is 27.7 Å². The van der Waals surface area contributed by atoms with Gasteiger partial charge in [-0.05, 0) is 6.42 Å². The van der Waals surface area contributed by atoms with Crippen molar-refractivity contribution in [2.24, 2.45) is 0 Å². The third-order valence-electron chi connectivity index (χ3n) is 3.87. The van der Waals surface area contributed by atoms with Gasteiger partial charge in [-0.15, -0.1) is 0 Å². The number of nitrogens with zero attached hydrogens (tertiary/aromatic N) is 1. The Labute approximate surface area is 131 Å². The Morgan fingerprint density at radius 3 is 1.71 bits per heavy atom. The van der Waals surface area contributed by atoms with E-state index in [9.17, 15) is 9.90 Å². The van der Waals surface area contributed by atoms with Crippen molar-refractivity contribution >= 4 is 5.97 Å². The van der Waals surface area contributed by atoms with Crippen LogP contribution in [-0.4, -0.2) is 44.3 Å². The summed E-state index contributed by atoms with van der Waals surface area (Å²) < 4.78 is 0.347. The molecule has 1 atom stereocenters. The number of rotatable bonds is 14. The van der Waals surface area contributed by atoms with Crippen LogP contribution in [0.15, 0.2) is 0 Å². The third kappa shape index (κ3) is 11.7. The van der Waals surface area contributed by atoms with Crippen LogP contribution in [0.3, 0.4) is 0 Å². The average Bonchev–Trinajstić information content (AvgIpc) is 2.38. The van der Waals surface area contributed by atoms with Gasteiger partial charge in [-0.25, -0.2) is 0 Å². The van der Waals surface area contributed by atoms with Gasteiger partial charge in [0.25, 0.3) is 0 Å². The SMILES string of the molecule is CCCCCCCCCCCCNC(C(=O)[O-])[N+](C)(C)C. The summed E-state index contributed by atoms with van der Waals surface area (Å²) in [6.07, 6.45) is 12.3. The molecule has 0 aliphatic heterocycles. The molecule has 1 N–H and O–H groups in total. The van der Waals surface area contributed by atoms with Gasteiger partial charge in [0, 0.05) is 6.54 Å². The lowest BCUT2D eigenvalue weighted by molar-refractivity contribution is -0.892. The van der Waals surface area contributed by atoms with Crippen LogP contribution in [0.4, 0.5) is 0 Å². The van der Waals surface area contributed by atoms with Crippen molar-refractivity contribution in [3.63, 3.8) is 0 Å². The Morgan fingerprint density at radius 1 is 0.905 bits per heavy atom. The summed E-state index contributed by atoms with van der Waals surface area (Å²) in [4.78, 5) is 11.1. The highest BCUT2D eigenvalue weighted by atomic mass is 16.4. The molecule has 0 saturated carbocycles. The molecule has 1 unspecified atom stereocenters. The lowest BCUT2D eigenvalue weighted by Gasteiger charge is -2.35. The van der Waals surface area contributed by atoms with Crippen molar-refractivity contribution in [2.45, 2.75) is 77.3 Å². The molecule has 0 rings (SSSR count). The van der Waals surface area contributed by atoms with E-state index in [2.05, 4.69) is 12.2 Å². The van der Waals surface area contributed by atoms with E-state index in [1.807, 2.05) is 21.1 Å². The van der Waals surface area contributed by atoms with E-state index in [0.29, 0.717) is 4.48 Å². The van der Waals surface area contributed by atoms with Crippen molar-refractivity contribution in [1.82, 2.24) is 5.32 Å². The van der Waals surface area contributed by atoms with Gasteiger partial charge in [0.15, 0.2) is 6.17 Å². The second-order valence-electron chi connectivity index (χ2n) is 6.97. The second kappa shape index (κ2) is 12.0. The van der Waals surface area contributed by atoms with Gasteiger partial charge >= 0.3 is 0 Å². The van der Waals surface area contributed by atoms with Crippen LogP contribution in [0.25, 0.3) is 0 Å². The van der Waals surface area contributed by atoms with E-state index in [-0.39, 0.29) is 0 Å². The van der Waals surface area contributed by atoms with E-state index < -0.39 is 12.1 Å². The van der Waals surface area contributed by atoms with Crippen LogP contribution in [-0.2, 0) is 4.79 Å². The van der Waals surface area contributed by atoms with Crippen LogP contribution in [0.1, 0.15) is 71.1 Å². The molecule has 0 saturated heterocycles. The second-order valence-corrected chi connectivity index (χ2v) is 6.97. The number of hydrogen-bond donors (Lipinski definition) is 1. The molecular weight excluding hydrogens is 264 g/mol. The smallest absolute Gasteiger partial charge is 0.183 e. The first-order valence-electron chi connectivity index (χ1n) is 8.65. The van der Waals surface area contributed by atoms with Crippen LogP contribution in [0, 0.1) is 0 Å². The van der Waals surface area contributed by atoms with Crippen LogP contribution in [0.5, 0.6) is 0 Å². The average molecular weight is 300 g/mol. The molecule has 0 fully saturated rings. The fraction of sp³-hybridized carbons (Fsp3) is 0.941. The number of likely N-dealkylation sites (N-methyl/N-ethyl adjacent to an activating group) is 1. The summed E-state index contributed by atoms with van der Waals surface area (Å²) in [7, 11) is 5.60. The largest absolute Gasteiger partial charge is 0.543 e. The van der Waals surface area contributed by atoms with Gasteiger partial charge in [-0.2, -0.15) is 0 Å². The maximum atomic E-state index is 11.1. The first-order valence-corrected chi connectivity index (χ1v) is 8.65. The number of unbranched alkanes of at least 4 members (excludes halogenated alkanes) is 9. The van der Waals surface area contributed by atoms with Crippen LogP contribution >= 0.6 is 0 Å². The quantitative estimate of drug-likeness (QED) is 0.304. The van der Waals surface area contributed by atoms with Crippen LogP contribution < -0.4 is 10.4 Å². The Hall–Kier alpha value is -0.610. The number of hydrogen-bond acceptors (Lipinski definition) is 3. The molecule has 0 aromatic heterocycles. The predicted octanol–water partition coefficient (Wildman–Crippen LogP) is 2.28. The molecule has 0 spiro atoms. The van der Waals surface area contributed by atoms with Crippen molar-refractivity contribution in [3.8, 4) is 0 Å². The molecule has 0 amide bonds. The summed E-state index contributed by atoms with van der Waals surface area (Å²) in [5.74, 6) is -1.02. The maximum absolute atomic E-state index is 11.1. The number of carboxylic acid groups (broad SMARTS) is 1. The first-order chi connectivity index (χ1) is 9.89. The Kier molecular flexibility index (Phi) is 11.6. The lowest BCUT2D eigenvalue weighted by atomic mass is 10.1. The summed E-state index contributed by atoms with van der Waals surface area (Å²) in [5.41, 5.74) is 0. The van der Waals surface area contributed by atoms with Gasteiger partial charge < -0.3 is 14.4 Å². The van der Waals surface area contributed by atoms with Gasteiger partial charge in [0.2, 0.25) is 0 Å². The third-order valence-corrected chi connectivity index (χ3v) is 3.87. The topological polar surface area (TPSA) is 52.2 Å².